The van der Waals surface area contributed by atoms with E-state index in [4.69, 9.17) is 5.73 Å². The topological polar surface area (TPSA) is 154 Å². The van der Waals surface area contributed by atoms with Gasteiger partial charge in [-0.1, -0.05) is 104 Å². The molecule has 3 aromatic rings. The lowest BCUT2D eigenvalue weighted by molar-refractivity contribution is -0.136. The molecule has 0 saturated carbocycles. The largest absolute Gasteiger partial charge is 0.418 e. The summed E-state index contributed by atoms with van der Waals surface area (Å²) in [5, 5.41) is 8.16. The predicted molar refractivity (Wildman–Crippen MR) is 228 cm³/mol. The highest BCUT2D eigenvalue weighted by molar-refractivity contribution is 5.97. The highest BCUT2D eigenvalue weighted by Crippen LogP contribution is 2.40. The van der Waals surface area contributed by atoms with Crippen molar-refractivity contribution in [3.63, 3.8) is 0 Å². The van der Waals surface area contributed by atoms with Crippen LogP contribution in [0.15, 0.2) is 64.7 Å². The van der Waals surface area contributed by atoms with Gasteiger partial charge in [-0.05, 0) is 62.3 Å². The van der Waals surface area contributed by atoms with E-state index in [0.717, 1.165) is 24.8 Å². The Morgan fingerprint density at radius 1 is 0.948 bits per heavy atom. The molecule has 0 bridgehead atoms. The summed E-state index contributed by atoms with van der Waals surface area (Å²) in [5.41, 5.74) is 4.67. The molecule has 4 rings (SSSR count). The number of carbonyl (C=O) groups is 3. The van der Waals surface area contributed by atoms with Crippen molar-refractivity contribution < 1.29 is 31.9 Å². The number of alkyl halides is 3. The van der Waals surface area contributed by atoms with Gasteiger partial charge in [0.25, 0.3) is 0 Å². The molecular weight excluding hydrogens is 751 g/mol. The normalized spacial score (nSPS) is 15.1. The Bertz CT molecular complexity index is 1790. The summed E-state index contributed by atoms with van der Waals surface area (Å²) in [6.45, 7) is 16.7. The molecule has 1 atom stereocenters. The number of aromatic amines is 1. The van der Waals surface area contributed by atoms with E-state index in [9.17, 15) is 31.9 Å². The van der Waals surface area contributed by atoms with Gasteiger partial charge in [0.2, 0.25) is 17.7 Å². The first-order valence-corrected chi connectivity index (χ1v) is 20.2. The first-order chi connectivity index (χ1) is 27.5. The molecule has 2 aromatic carbocycles. The van der Waals surface area contributed by atoms with Crippen LogP contribution in [0.4, 0.5) is 17.6 Å². The van der Waals surface area contributed by atoms with E-state index < -0.39 is 47.4 Å². The molecule has 0 aliphatic heterocycles. The number of aromatic nitrogens is 1. The van der Waals surface area contributed by atoms with E-state index in [2.05, 4.69) is 65.5 Å². The predicted octanol–water partition coefficient (Wildman–Crippen LogP) is 8.77. The molecule has 322 valence electrons. The van der Waals surface area contributed by atoms with Crippen LogP contribution in [0.2, 0.25) is 0 Å². The lowest BCUT2D eigenvalue weighted by atomic mass is 9.78. The smallest absolute Gasteiger partial charge is 0.386 e. The number of aryl methyl sites for hydroxylation is 1. The third kappa shape index (κ3) is 17.6. The monoisotopic (exact) mass is 816 g/mol. The molecule has 1 aliphatic rings. The summed E-state index contributed by atoms with van der Waals surface area (Å²) in [6.07, 6.45) is 6.33. The van der Waals surface area contributed by atoms with Crippen molar-refractivity contribution in [2.24, 2.45) is 21.6 Å². The number of H-pyrrole nitrogens is 1. The fourth-order valence-corrected chi connectivity index (χ4v) is 5.38. The summed E-state index contributed by atoms with van der Waals surface area (Å²) < 4.78 is 55.1. The van der Waals surface area contributed by atoms with Crippen LogP contribution in [-0.4, -0.2) is 59.9 Å². The standard InChI is InChI=1S/C30H34F4N6O3.C5H9N.C5H12.C4H10/c1-2-3-13-36-24(35)16-38-28(43)29(40-26(42)17-37-25(41)14-18-7-4-5-10-22(18)31)12-11-23-20(15-29)19-8-6-9-21(27(19)39-23)30(32,33)34;1-3-5-6-4-2;1-4-5(2)3;1-3-4-2/h4-10,39H,2-3,11-17H2,1H3,(H2,35,36)(H,37,41)(H,38,43)(H,40,42);3-5H,1-2H3;5H,4H2,1-3H3;3-4H2,1-2H3/b;5-3-,6-4?;;/t29-;;;/m1.../s1. The van der Waals surface area contributed by atoms with E-state index >= 15 is 0 Å². The zero-order chi connectivity index (χ0) is 43.7. The fourth-order valence-electron chi connectivity index (χ4n) is 5.38. The number of nitrogens with zero attached hydrogens (tertiary/aromatic N) is 2. The third-order valence-corrected chi connectivity index (χ3v) is 9.14. The second-order valence-electron chi connectivity index (χ2n) is 14.3. The number of rotatable bonds is 14. The molecule has 58 heavy (non-hydrogen) atoms. The number of unbranched alkanes of at least 4 members (excludes halogenated alkanes) is 2. The van der Waals surface area contributed by atoms with Crippen LogP contribution in [0.1, 0.15) is 116 Å². The fraction of sp³-hybridized carbons (Fsp3) is 0.523. The minimum Gasteiger partial charge on any atom is -0.386 e. The molecule has 0 fully saturated rings. The summed E-state index contributed by atoms with van der Waals surface area (Å²) in [4.78, 5) is 50.0. The number of para-hydroxylation sites is 1. The van der Waals surface area contributed by atoms with Crippen molar-refractivity contribution in [2.75, 3.05) is 19.6 Å². The van der Waals surface area contributed by atoms with Crippen LogP contribution in [0.25, 0.3) is 10.9 Å². The number of amidine groups is 1. The number of allylic oxidation sites excluding steroid dienone is 1. The lowest BCUT2D eigenvalue weighted by Crippen LogP contribution is -2.63. The van der Waals surface area contributed by atoms with Gasteiger partial charge in [0.1, 0.15) is 17.2 Å². The molecule has 0 radical (unpaired) electrons. The molecule has 1 aliphatic carbocycles. The zero-order valence-corrected chi connectivity index (χ0v) is 35.5. The van der Waals surface area contributed by atoms with Crippen molar-refractivity contribution in [1.29, 1.82) is 0 Å². The Morgan fingerprint density at radius 3 is 2.17 bits per heavy atom. The molecule has 10 nitrogen and oxygen atoms in total. The molecule has 6 N–H and O–H groups in total. The van der Waals surface area contributed by atoms with Gasteiger partial charge in [-0.2, -0.15) is 13.2 Å². The minimum absolute atomic E-state index is 0.0712. The SMILES string of the molecule is CC=N/C=C\C.CCC(C)C.CCCC.CCCCN=C(N)CNC(=O)[C@@]1(NC(=O)CNC(=O)Cc2ccccc2F)CCc2[nH]c3c(C(F)(F)F)cccc3c2C1. The Morgan fingerprint density at radius 2 is 1.62 bits per heavy atom. The van der Waals surface area contributed by atoms with Crippen LogP contribution in [0, 0.1) is 11.7 Å². The van der Waals surface area contributed by atoms with Gasteiger partial charge < -0.3 is 26.7 Å². The van der Waals surface area contributed by atoms with Crippen molar-refractivity contribution in [1.82, 2.24) is 20.9 Å². The second kappa shape index (κ2) is 26.8. The van der Waals surface area contributed by atoms with Gasteiger partial charge in [0.05, 0.1) is 30.6 Å². The van der Waals surface area contributed by atoms with Gasteiger partial charge in [0.15, 0.2) is 0 Å². The number of hydrogen-bond donors (Lipinski definition) is 5. The number of nitrogens with one attached hydrogen (secondary N) is 4. The quantitative estimate of drug-likeness (QED) is 0.0478. The number of carbonyl (C=O) groups excluding carboxylic acids is 3. The Labute approximate surface area is 342 Å². The molecule has 14 heteroatoms. The minimum atomic E-state index is -4.59. The van der Waals surface area contributed by atoms with E-state index in [-0.39, 0.29) is 49.1 Å². The Balaban J connectivity index is 0.000000955. The highest BCUT2D eigenvalue weighted by Gasteiger charge is 2.44. The van der Waals surface area contributed by atoms with Gasteiger partial charge in [-0.25, -0.2) is 4.39 Å². The maximum absolute atomic E-state index is 13.9. The van der Waals surface area contributed by atoms with Crippen LogP contribution in [0.5, 0.6) is 0 Å². The molecule has 1 heterocycles. The Kier molecular flexibility index (Phi) is 23.6. The molecular formula is C44H65F4N7O3. The van der Waals surface area contributed by atoms with Gasteiger partial charge >= 0.3 is 6.18 Å². The molecule has 0 spiro atoms. The van der Waals surface area contributed by atoms with Crippen molar-refractivity contribution in [2.45, 2.75) is 125 Å². The molecule has 0 saturated heterocycles. The van der Waals surface area contributed by atoms with Crippen molar-refractivity contribution in [3.8, 4) is 0 Å². The number of fused-ring (bicyclic) bond motifs is 3. The van der Waals surface area contributed by atoms with E-state index in [1.54, 1.807) is 18.5 Å². The van der Waals surface area contributed by atoms with Gasteiger partial charge in [-0.3, -0.25) is 24.4 Å². The molecule has 1 aromatic heterocycles. The number of benzene rings is 2. The summed E-state index contributed by atoms with van der Waals surface area (Å²) in [6, 6.07) is 9.57. The number of hydrogen-bond acceptors (Lipinski definition) is 5. The third-order valence-electron chi connectivity index (χ3n) is 9.14. The average molecular weight is 816 g/mol. The summed E-state index contributed by atoms with van der Waals surface area (Å²) in [5.74, 6) is -1.35. The maximum Gasteiger partial charge on any atom is 0.418 e. The van der Waals surface area contributed by atoms with Crippen LogP contribution in [-0.2, 0) is 39.8 Å². The second-order valence-corrected chi connectivity index (χ2v) is 14.3. The van der Waals surface area contributed by atoms with Crippen molar-refractivity contribution >= 4 is 40.7 Å². The van der Waals surface area contributed by atoms with Gasteiger partial charge in [-0.15, -0.1) is 0 Å². The summed E-state index contributed by atoms with van der Waals surface area (Å²) in [7, 11) is 0. The first-order valence-electron chi connectivity index (χ1n) is 20.2. The van der Waals surface area contributed by atoms with Crippen LogP contribution < -0.4 is 21.7 Å². The zero-order valence-electron chi connectivity index (χ0n) is 35.5. The lowest BCUT2D eigenvalue weighted by Gasteiger charge is -2.36. The summed E-state index contributed by atoms with van der Waals surface area (Å²) >= 11 is 0. The first kappa shape index (κ1) is 51.0. The van der Waals surface area contributed by atoms with Crippen LogP contribution in [0.3, 0.4) is 0 Å². The van der Waals surface area contributed by atoms with E-state index in [1.165, 1.54) is 49.6 Å². The van der Waals surface area contributed by atoms with Gasteiger partial charge in [0, 0.05) is 36.5 Å². The number of halogens is 4. The average Bonchev–Trinajstić information content (AvgIpc) is 3.57. The maximum atomic E-state index is 13.9. The Hall–Kier alpha value is -5.01. The van der Waals surface area contributed by atoms with Crippen LogP contribution >= 0.6 is 0 Å². The molecule has 0 unspecified atom stereocenters. The van der Waals surface area contributed by atoms with E-state index in [0.29, 0.717) is 23.2 Å². The number of aliphatic imine (C=N–C) groups is 2. The molecule has 3 amide bonds. The van der Waals surface area contributed by atoms with Crippen molar-refractivity contribution in [3.05, 3.63) is 82.9 Å². The number of amides is 3. The highest BCUT2D eigenvalue weighted by atomic mass is 19.4. The van der Waals surface area contributed by atoms with E-state index in [1.807, 2.05) is 26.8 Å². The number of nitrogens with two attached hydrogens (primary N) is 1.